The topological polar surface area (TPSA) is 272 Å². The van der Waals surface area contributed by atoms with E-state index in [1.165, 1.54) is 14.1 Å². The molecule has 0 bridgehead atoms. The molecule has 12 N–H and O–H groups in total. The number of carbonyl (C=O) groups is 4. The maximum atomic E-state index is 10.0. The first-order chi connectivity index (χ1) is 15.1. The smallest absolute Gasteiger partial charge is 0.405 e. The molecule has 0 aliphatic carbocycles. The average molecular weight is 509 g/mol. The zero-order chi connectivity index (χ0) is 30.1. The number of aliphatic carboxylic acids is 2. The molecule has 0 unspecified atom stereocenters. The molecule has 0 radical (unpaired) electrons. The van der Waals surface area contributed by atoms with Crippen LogP contribution in [0.25, 0.3) is 0 Å². The molecular formula is C20H52N4O10. The van der Waals surface area contributed by atoms with E-state index in [1.807, 2.05) is 0 Å². The van der Waals surface area contributed by atoms with Crippen LogP contribution in [-0.2, 0) is 19.1 Å². The number of carboxylic acid groups (broad SMARTS) is 2. The monoisotopic (exact) mass is 508 g/mol. The highest BCUT2D eigenvalue weighted by Gasteiger charge is 2.13. The third-order valence-corrected chi connectivity index (χ3v) is 0.814. The maximum absolute atomic E-state index is 10.0. The molecule has 0 atom stereocenters. The van der Waals surface area contributed by atoms with Gasteiger partial charge >= 0.3 is 12.2 Å². The first-order valence-electron chi connectivity index (χ1n) is 9.86. The Hall–Kier alpha value is -2.68. The van der Waals surface area contributed by atoms with Crippen molar-refractivity contribution in [3.05, 3.63) is 0 Å². The number of carbonyl (C=O) groups excluding carboxylic acids is 2. The van der Waals surface area contributed by atoms with Crippen LogP contribution in [0.4, 0.5) is 9.59 Å². The van der Waals surface area contributed by atoms with Gasteiger partial charge in [-0.3, -0.25) is 9.59 Å². The van der Waals surface area contributed by atoms with E-state index in [4.69, 9.17) is 41.5 Å². The van der Waals surface area contributed by atoms with Crippen LogP contribution in [0.15, 0.2) is 0 Å². The van der Waals surface area contributed by atoms with Crippen LogP contribution in [-0.4, -0.2) is 83.1 Å². The summed E-state index contributed by atoms with van der Waals surface area (Å²) in [6, 6.07) is 0. The number of primary amides is 2. The van der Waals surface area contributed by atoms with Crippen molar-refractivity contribution in [1.29, 1.82) is 0 Å². The number of amides is 2. The zero-order valence-corrected chi connectivity index (χ0v) is 23.0. The number of hydrogen-bond donors (Lipinski definition) is 8. The fourth-order valence-electron chi connectivity index (χ4n) is 0.604. The summed E-state index contributed by atoms with van der Waals surface area (Å²) in [5.74, 6) is -1.67. The minimum atomic E-state index is -0.833. The van der Waals surface area contributed by atoms with Crippen molar-refractivity contribution < 1.29 is 49.1 Å². The molecule has 0 heterocycles. The molecule has 0 spiro atoms. The van der Waals surface area contributed by atoms with E-state index >= 15 is 0 Å². The van der Waals surface area contributed by atoms with Crippen LogP contribution in [0.5, 0.6) is 0 Å². The van der Waals surface area contributed by atoms with E-state index < -0.39 is 35.3 Å². The third kappa shape index (κ3) is 439. The van der Waals surface area contributed by atoms with Gasteiger partial charge in [-0.15, -0.1) is 0 Å². The summed E-state index contributed by atoms with van der Waals surface area (Å²) in [7, 11) is 3.00. The molecule has 0 aliphatic rings. The Bertz CT molecular complexity index is 388. The summed E-state index contributed by atoms with van der Waals surface area (Å²) in [5.41, 5.74) is 17.5. The van der Waals surface area contributed by atoms with Crippen LogP contribution in [0.1, 0.15) is 69.2 Å². The maximum Gasteiger partial charge on any atom is 0.405 e. The van der Waals surface area contributed by atoms with Gasteiger partial charge in [0.2, 0.25) is 0 Å². The van der Waals surface area contributed by atoms with Crippen molar-refractivity contribution in [3.63, 3.8) is 0 Å². The third-order valence-electron chi connectivity index (χ3n) is 0.814. The Morgan fingerprint density at radius 3 is 0.706 bits per heavy atom. The number of ether oxygens (including phenoxy) is 2. The largest absolute Gasteiger partial charge is 0.481 e. The van der Waals surface area contributed by atoms with E-state index in [1.54, 1.807) is 55.4 Å². The van der Waals surface area contributed by atoms with Gasteiger partial charge in [0.1, 0.15) is 11.2 Å². The summed E-state index contributed by atoms with van der Waals surface area (Å²) >= 11 is 0. The number of aliphatic hydroxyl groups excluding tert-OH is 2. The molecule has 0 saturated heterocycles. The minimum absolute atomic E-state index is 0.250. The van der Waals surface area contributed by atoms with Crippen molar-refractivity contribution in [2.45, 2.75) is 80.4 Å². The number of nitrogens with two attached hydrogens (primary N) is 4. The van der Waals surface area contributed by atoms with E-state index in [9.17, 15) is 9.59 Å². The second-order valence-electron chi connectivity index (χ2n) is 6.74. The Labute approximate surface area is 204 Å². The SMILES string of the molecule is CC(=O)O.CC(=O)O.CC(C)(C)OC(N)=O.CC(C)(C)OC(N)=O.CCO.CCO.CN.CN. The molecule has 0 aromatic heterocycles. The van der Waals surface area contributed by atoms with E-state index in [2.05, 4.69) is 20.9 Å². The fourth-order valence-corrected chi connectivity index (χ4v) is 0.604. The van der Waals surface area contributed by atoms with Gasteiger partial charge in [-0.1, -0.05) is 0 Å². The summed E-state index contributed by atoms with van der Waals surface area (Å²) in [6.07, 6.45) is -1.45. The highest BCUT2D eigenvalue weighted by atomic mass is 16.6. The normalized spacial score (nSPS) is 8.00. The van der Waals surface area contributed by atoms with Gasteiger partial charge in [0, 0.05) is 27.1 Å². The lowest BCUT2D eigenvalue weighted by atomic mass is 10.2. The number of hydrogen-bond acceptors (Lipinski definition) is 10. The van der Waals surface area contributed by atoms with E-state index in [-0.39, 0.29) is 13.2 Å². The van der Waals surface area contributed by atoms with Gasteiger partial charge in [0.15, 0.2) is 0 Å². The Kier molecular flexibility index (Phi) is 63.3. The fraction of sp³-hybridized carbons (Fsp3) is 0.800. The molecule has 212 valence electrons. The Balaban J connectivity index is -0.0000000403. The average Bonchev–Trinajstić information content (AvgIpc) is 2.55. The summed E-state index contributed by atoms with van der Waals surface area (Å²) in [6.45, 7) is 16.6. The molecule has 0 aromatic carbocycles. The molecule has 14 nitrogen and oxygen atoms in total. The van der Waals surface area contributed by atoms with Crippen LogP contribution < -0.4 is 22.9 Å². The second-order valence-corrected chi connectivity index (χ2v) is 6.74. The van der Waals surface area contributed by atoms with Crippen LogP contribution >= 0.6 is 0 Å². The van der Waals surface area contributed by atoms with Gasteiger partial charge < -0.3 is 52.8 Å². The van der Waals surface area contributed by atoms with Gasteiger partial charge in [-0.25, -0.2) is 9.59 Å². The molecule has 0 saturated carbocycles. The van der Waals surface area contributed by atoms with Crippen LogP contribution in [0.3, 0.4) is 0 Å². The van der Waals surface area contributed by atoms with Gasteiger partial charge in [-0.2, -0.15) is 0 Å². The van der Waals surface area contributed by atoms with Crippen LogP contribution in [0, 0.1) is 0 Å². The lowest BCUT2D eigenvalue weighted by Crippen LogP contribution is -2.27. The molecular weight excluding hydrogens is 456 g/mol. The van der Waals surface area contributed by atoms with Gasteiger partial charge in [-0.05, 0) is 69.5 Å². The molecule has 14 heteroatoms. The van der Waals surface area contributed by atoms with Crippen molar-refractivity contribution in [2.24, 2.45) is 22.9 Å². The quantitative estimate of drug-likeness (QED) is 0.228. The molecule has 0 rings (SSSR count). The predicted octanol–water partition coefficient (Wildman–Crippen LogP) is 1.09. The number of carboxylic acids is 2. The lowest BCUT2D eigenvalue weighted by molar-refractivity contribution is -0.135. The first kappa shape index (κ1) is 52.9. The van der Waals surface area contributed by atoms with Crippen LogP contribution in [0.2, 0.25) is 0 Å². The van der Waals surface area contributed by atoms with Gasteiger partial charge in [0.25, 0.3) is 11.9 Å². The molecule has 0 fully saturated rings. The molecule has 34 heavy (non-hydrogen) atoms. The summed E-state index contributed by atoms with van der Waals surface area (Å²) in [4.78, 5) is 38.0. The summed E-state index contributed by atoms with van der Waals surface area (Å²) < 4.78 is 9.15. The number of rotatable bonds is 0. The molecule has 0 aliphatic heterocycles. The van der Waals surface area contributed by atoms with Gasteiger partial charge in [0.05, 0.1) is 0 Å². The second kappa shape index (κ2) is 40.7. The first-order valence-corrected chi connectivity index (χ1v) is 9.86. The Morgan fingerprint density at radius 2 is 0.706 bits per heavy atom. The molecule has 0 aromatic rings. The van der Waals surface area contributed by atoms with Crippen molar-refractivity contribution in [2.75, 3.05) is 27.3 Å². The predicted molar refractivity (Wildman–Crippen MR) is 133 cm³/mol. The zero-order valence-electron chi connectivity index (χ0n) is 23.0. The summed E-state index contributed by atoms with van der Waals surface area (Å²) in [5, 5.41) is 30.0. The highest BCUT2D eigenvalue weighted by molar-refractivity contribution is 5.65. The van der Waals surface area contributed by atoms with Crippen molar-refractivity contribution in [3.8, 4) is 0 Å². The Morgan fingerprint density at radius 1 is 0.618 bits per heavy atom. The lowest BCUT2D eigenvalue weighted by Gasteiger charge is -2.16. The number of aliphatic hydroxyl groups is 2. The van der Waals surface area contributed by atoms with Crippen molar-refractivity contribution >= 4 is 24.1 Å². The standard InChI is InChI=1S/2C5H11NO2.2C2H4O2.2C2H6O.2CH5N/c2*1-5(2,3)8-4(6)7;2*1-2(3)4;2*1-2-3;2*1-2/h2*1-3H3,(H2,6,7);2*1H3,(H,3,4);2*3H,2H2,1H3;2*2H2,1H3. The highest BCUT2D eigenvalue weighted by Crippen LogP contribution is 2.05. The minimum Gasteiger partial charge on any atom is -0.481 e. The van der Waals surface area contributed by atoms with E-state index in [0.717, 1.165) is 13.8 Å². The van der Waals surface area contributed by atoms with Crippen molar-refractivity contribution in [1.82, 2.24) is 0 Å². The molecule has 2 amide bonds. The van der Waals surface area contributed by atoms with E-state index in [0.29, 0.717) is 0 Å².